The molecule has 18 heavy (non-hydrogen) atoms. The number of halogens is 2. The van der Waals surface area contributed by atoms with Crippen LogP contribution in [-0.2, 0) is 16.8 Å². The van der Waals surface area contributed by atoms with E-state index in [0.717, 1.165) is 37.7 Å². The van der Waals surface area contributed by atoms with Gasteiger partial charge in [-0.3, -0.25) is 0 Å². The zero-order chi connectivity index (χ0) is 13.2. The molecule has 1 aliphatic rings. The molecule has 0 radical (unpaired) electrons. The molecule has 0 heterocycles. The fourth-order valence-electron chi connectivity index (χ4n) is 2.68. The average Bonchev–Trinajstić information content (AvgIpc) is 2.82. The highest BCUT2D eigenvalue weighted by Crippen LogP contribution is 2.44. The first-order chi connectivity index (χ1) is 8.63. The van der Waals surface area contributed by atoms with Crippen LogP contribution in [0.1, 0.15) is 43.7 Å². The first-order valence-corrected chi connectivity index (χ1v) is 6.99. The summed E-state index contributed by atoms with van der Waals surface area (Å²) in [5.74, 6) is -0.298. The molecular formula is C14H15BrFNO. The predicted molar refractivity (Wildman–Crippen MR) is 71.7 cm³/mol. The van der Waals surface area contributed by atoms with Gasteiger partial charge in [0.05, 0.1) is 4.47 Å². The van der Waals surface area contributed by atoms with E-state index in [2.05, 4.69) is 20.9 Å². The van der Waals surface area contributed by atoms with E-state index in [1.54, 1.807) is 12.1 Å². The minimum absolute atomic E-state index is 0.298. The van der Waals surface area contributed by atoms with E-state index < -0.39 is 5.54 Å². The Morgan fingerprint density at radius 2 is 2.11 bits per heavy atom. The molecule has 0 unspecified atom stereocenters. The molecular weight excluding hydrogens is 297 g/mol. The molecule has 0 saturated heterocycles. The Morgan fingerprint density at radius 1 is 1.44 bits per heavy atom. The highest BCUT2D eigenvalue weighted by molar-refractivity contribution is 9.10. The second-order valence-corrected chi connectivity index (χ2v) is 5.59. The van der Waals surface area contributed by atoms with Crippen LogP contribution in [-0.4, -0.2) is 6.08 Å². The van der Waals surface area contributed by atoms with Crippen LogP contribution in [0, 0.1) is 5.82 Å². The van der Waals surface area contributed by atoms with Gasteiger partial charge in [0, 0.05) is 5.56 Å². The fraction of sp³-hybridized carbons (Fsp3) is 0.500. The smallest absolute Gasteiger partial charge is 0.211 e. The third-order valence-corrected chi connectivity index (χ3v) is 4.27. The first kappa shape index (κ1) is 13.4. The molecule has 0 N–H and O–H groups in total. The second-order valence-electron chi connectivity index (χ2n) is 4.73. The minimum Gasteiger partial charge on any atom is -0.211 e. The van der Waals surface area contributed by atoms with Gasteiger partial charge in [0.15, 0.2) is 0 Å². The summed E-state index contributed by atoms with van der Waals surface area (Å²) in [6, 6.07) is 3.62. The van der Waals surface area contributed by atoms with Crippen molar-refractivity contribution in [3.63, 3.8) is 0 Å². The van der Waals surface area contributed by atoms with Gasteiger partial charge in [-0.25, -0.2) is 9.18 Å². The number of isocyanates is 1. The van der Waals surface area contributed by atoms with Crippen molar-refractivity contribution >= 4 is 22.0 Å². The highest BCUT2D eigenvalue weighted by atomic mass is 79.9. The SMILES string of the molecule is CCc1cc(Br)c(F)c(C2(N=C=O)CCCC2)c1. The standard InChI is InChI=1S/C14H15BrFNO/c1-2-10-7-11(13(16)12(15)8-10)14(17-9-18)5-3-4-6-14/h7-8H,2-6H2,1H3. The fourth-order valence-corrected chi connectivity index (χ4v) is 3.18. The summed E-state index contributed by atoms with van der Waals surface area (Å²) in [5.41, 5.74) is 0.889. The zero-order valence-electron chi connectivity index (χ0n) is 10.3. The summed E-state index contributed by atoms with van der Waals surface area (Å²) in [6.45, 7) is 2.02. The van der Waals surface area contributed by atoms with Gasteiger partial charge in [0.2, 0.25) is 6.08 Å². The Bertz CT molecular complexity index is 503. The molecule has 1 fully saturated rings. The van der Waals surface area contributed by atoms with Crippen LogP contribution >= 0.6 is 15.9 Å². The van der Waals surface area contributed by atoms with Gasteiger partial charge in [-0.2, -0.15) is 4.99 Å². The lowest BCUT2D eigenvalue weighted by Gasteiger charge is -2.24. The highest BCUT2D eigenvalue weighted by Gasteiger charge is 2.38. The van der Waals surface area contributed by atoms with Crippen LogP contribution in [0.2, 0.25) is 0 Å². The van der Waals surface area contributed by atoms with Crippen molar-refractivity contribution in [2.45, 2.75) is 44.6 Å². The summed E-state index contributed by atoms with van der Waals surface area (Å²) in [5, 5.41) is 0. The number of rotatable bonds is 3. The normalized spacial score (nSPS) is 17.5. The van der Waals surface area contributed by atoms with Crippen molar-refractivity contribution in [2.75, 3.05) is 0 Å². The number of aryl methyl sites for hydroxylation is 1. The predicted octanol–water partition coefficient (Wildman–Crippen LogP) is 4.26. The van der Waals surface area contributed by atoms with E-state index >= 15 is 0 Å². The molecule has 2 nitrogen and oxygen atoms in total. The Morgan fingerprint density at radius 3 is 2.67 bits per heavy atom. The minimum atomic E-state index is -0.695. The molecule has 0 bridgehead atoms. The molecule has 0 aromatic heterocycles. The van der Waals surface area contributed by atoms with Crippen LogP contribution in [0.4, 0.5) is 4.39 Å². The van der Waals surface area contributed by atoms with Crippen molar-refractivity contribution in [1.82, 2.24) is 0 Å². The molecule has 1 saturated carbocycles. The third-order valence-electron chi connectivity index (χ3n) is 3.69. The second kappa shape index (κ2) is 5.33. The van der Waals surface area contributed by atoms with Gasteiger partial charge in [-0.1, -0.05) is 25.8 Å². The summed E-state index contributed by atoms with van der Waals surface area (Å²) in [4.78, 5) is 14.6. The number of benzene rings is 1. The van der Waals surface area contributed by atoms with Gasteiger partial charge < -0.3 is 0 Å². The van der Waals surface area contributed by atoms with Crippen LogP contribution in [0.25, 0.3) is 0 Å². The molecule has 2 rings (SSSR count). The molecule has 0 spiro atoms. The maximum atomic E-state index is 14.3. The summed E-state index contributed by atoms with van der Waals surface area (Å²) in [7, 11) is 0. The van der Waals surface area contributed by atoms with Crippen LogP contribution in [0.5, 0.6) is 0 Å². The van der Waals surface area contributed by atoms with Gasteiger partial charge >= 0.3 is 0 Å². The molecule has 1 aromatic rings. The number of carbonyl (C=O) groups excluding carboxylic acids is 1. The van der Waals surface area contributed by atoms with E-state index in [0.29, 0.717) is 10.0 Å². The van der Waals surface area contributed by atoms with Gasteiger partial charge in [0.1, 0.15) is 11.4 Å². The van der Waals surface area contributed by atoms with Crippen molar-refractivity contribution in [3.05, 3.63) is 33.5 Å². The van der Waals surface area contributed by atoms with Gasteiger partial charge in [-0.05, 0) is 46.8 Å². The molecule has 1 aromatic carbocycles. The van der Waals surface area contributed by atoms with Crippen molar-refractivity contribution in [1.29, 1.82) is 0 Å². The van der Waals surface area contributed by atoms with E-state index in [-0.39, 0.29) is 5.82 Å². The third kappa shape index (κ3) is 2.27. The molecule has 4 heteroatoms. The first-order valence-electron chi connectivity index (χ1n) is 6.20. The van der Waals surface area contributed by atoms with Crippen LogP contribution in [0.3, 0.4) is 0 Å². The van der Waals surface area contributed by atoms with Crippen LogP contribution < -0.4 is 0 Å². The molecule has 0 aliphatic heterocycles. The molecule has 0 atom stereocenters. The van der Waals surface area contributed by atoms with E-state index in [4.69, 9.17) is 0 Å². The van der Waals surface area contributed by atoms with Crippen molar-refractivity contribution in [2.24, 2.45) is 4.99 Å². The molecule has 96 valence electrons. The summed E-state index contributed by atoms with van der Waals surface area (Å²) >= 11 is 3.24. The summed E-state index contributed by atoms with van der Waals surface area (Å²) < 4.78 is 14.7. The topological polar surface area (TPSA) is 29.4 Å². The number of aliphatic imine (C=N–C) groups is 1. The molecule has 0 amide bonds. The van der Waals surface area contributed by atoms with Gasteiger partial charge in [-0.15, -0.1) is 0 Å². The maximum absolute atomic E-state index is 14.3. The number of hydrogen-bond donors (Lipinski definition) is 0. The Kier molecular flexibility index (Phi) is 3.98. The lowest BCUT2D eigenvalue weighted by Crippen LogP contribution is -2.21. The van der Waals surface area contributed by atoms with Crippen molar-refractivity contribution in [3.8, 4) is 0 Å². The Labute approximate surface area is 114 Å². The lowest BCUT2D eigenvalue weighted by atomic mass is 9.87. The van der Waals surface area contributed by atoms with Crippen molar-refractivity contribution < 1.29 is 9.18 Å². The van der Waals surface area contributed by atoms with E-state index in [1.807, 2.05) is 13.0 Å². The molecule has 1 aliphatic carbocycles. The quantitative estimate of drug-likeness (QED) is 0.606. The van der Waals surface area contributed by atoms with E-state index in [1.165, 1.54) is 0 Å². The summed E-state index contributed by atoms with van der Waals surface area (Å²) in [6.07, 6.45) is 5.84. The van der Waals surface area contributed by atoms with Gasteiger partial charge in [0.25, 0.3) is 0 Å². The zero-order valence-corrected chi connectivity index (χ0v) is 11.9. The van der Waals surface area contributed by atoms with E-state index in [9.17, 15) is 9.18 Å². The average molecular weight is 312 g/mol. The Balaban J connectivity index is 2.60. The van der Waals surface area contributed by atoms with Crippen LogP contribution in [0.15, 0.2) is 21.6 Å². The lowest BCUT2D eigenvalue weighted by molar-refractivity contribution is 0.429. The monoisotopic (exact) mass is 311 g/mol. The number of hydrogen-bond acceptors (Lipinski definition) is 2. The maximum Gasteiger partial charge on any atom is 0.235 e. The largest absolute Gasteiger partial charge is 0.235 e. The Hall–Kier alpha value is -0.990. The number of nitrogens with zero attached hydrogens (tertiary/aromatic N) is 1.